The highest BCUT2D eigenvalue weighted by molar-refractivity contribution is 7.89. The first-order chi connectivity index (χ1) is 11.1. The van der Waals surface area contributed by atoms with Crippen LogP contribution in [0.1, 0.15) is 48.9 Å². The average Bonchev–Trinajstić information content (AvgIpc) is 2.56. The minimum atomic E-state index is -3.48. The number of benzene rings is 2. The smallest absolute Gasteiger partial charge is 0.207 e. The summed E-state index contributed by atoms with van der Waals surface area (Å²) in [4.78, 5) is 0.348. The van der Waals surface area contributed by atoms with Gasteiger partial charge in [-0.15, -0.1) is 0 Å². The summed E-state index contributed by atoms with van der Waals surface area (Å²) < 4.78 is 28.2. The van der Waals surface area contributed by atoms with E-state index in [1.807, 2.05) is 30.3 Å². The lowest BCUT2D eigenvalue weighted by Crippen LogP contribution is -2.31. The fourth-order valence-corrected chi connectivity index (χ4v) is 4.51. The highest BCUT2D eigenvalue weighted by atomic mass is 32.2. The van der Waals surface area contributed by atoms with Crippen LogP contribution in [0.15, 0.2) is 53.4 Å². The Balaban J connectivity index is 1.82. The summed E-state index contributed by atoms with van der Waals surface area (Å²) in [6.07, 6.45) is 4.93. The molecular formula is C19H23NO2S. The monoisotopic (exact) mass is 329 g/mol. The lowest BCUT2D eigenvalue weighted by Gasteiger charge is -2.26. The molecule has 1 N–H and O–H groups in total. The van der Waals surface area contributed by atoms with Gasteiger partial charge >= 0.3 is 0 Å². The maximum atomic E-state index is 12.7. The molecule has 0 heterocycles. The highest BCUT2D eigenvalue weighted by Gasteiger charge is 2.25. The first kappa shape index (κ1) is 16.2. The zero-order chi connectivity index (χ0) is 16.3. The van der Waals surface area contributed by atoms with E-state index in [-0.39, 0.29) is 6.04 Å². The zero-order valence-electron chi connectivity index (χ0n) is 13.5. The highest BCUT2D eigenvalue weighted by Crippen LogP contribution is 2.30. The van der Waals surface area contributed by atoms with E-state index in [2.05, 4.69) is 17.7 Å². The van der Waals surface area contributed by atoms with Gasteiger partial charge in [-0.05, 0) is 54.5 Å². The molecule has 0 radical (unpaired) electrons. The summed E-state index contributed by atoms with van der Waals surface area (Å²) in [5, 5.41) is 0. The Hall–Kier alpha value is -1.65. The van der Waals surface area contributed by atoms with Crippen molar-refractivity contribution < 1.29 is 8.42 Å². The van der Waals surface area contributed by atoms with Gasteiger partial charge in [0.05, 0.1) is 4.90 Å². The van der Waals surface area contributed by atoms with Crippen LogP contribution < -0.4 is 4.72 Å². The van der Waals surface area contributed by atoms with Gasteiger partial charge in [0.25, 0.3) is 0 Å². The van der Waals surface area contributed by atoms with Gasteiger partial charge in [0.2, 0.25) is 10.0 Å². The predicted octanol–water partition coefficient (Wildman–Crippen LogP) is 4.00. The summed E-state index contributed by atoms with van der Waals surface area (Å²) in [6.45, 7) is 2.12. The average molecular weight is 329 g/mol. The normalized spacial score (nSPS) is 17.7. The molecule has 3 rings (SSSR count). The van der Waals surface area contributed by atoms with Gasteiger partial charge < -0.3 is 0 Å². The lowest BCUT2D eigenvalue weighted by molar-refractivity contribution is 0.507. The quantitative estimate of drug-likeness (QED) is 0.901. The maximum absolute atomic E-state index is 12.7. The van der Waals surface area contributed by atoms with Gasteiger partial charge in [-0.3, -0.25) is 0 Å². The fourth-order valence-electron chi connectivity index (χ4n) is 3.26. The van der Waals surface area contributed by atoms with Gasteiger partial charge in [-0.2, -0.15) is 0 Å². The van der Waals surface area contributed by atoms with E-state index in [1.54, 1.807) is 12.1 Å². The summed E-state index contributed by atoms with van der Waals surface area (Å²) >= 11 is 0. The number of rotatable bonds is 5. The van der Waals surface area contributed by atoms with Crippen LogP contribution in [0.3, 0.4) is 0 Å². The molecule has 0 bridgehead atoms. The van der Waals surface area contributed by atoms with E-state index in [9.17, 15) is 8.42 Å². The number of fused-ring (bicyclic) bond motifs is 1. The second-order valence-electron chi connectivity index (χ2n) is 6.16. The van der Waals surface area contributed by atoms with Crippen molar-refractivity contribution in [3.8, 4) is 0 Å². The molecule has 1 atom stereocenters. The SMILES string of the molecule is CCCc1ccc(S(=O)(=O)N[C@@H]2CCCc3ccccc32)cc1. The first-order valence-corrected chi connectivity index (χ1v) is 9.77. The molecule has 23 heavy (non-hydrogen) atoms. The summed E-state index contributed by atoms with van der Waals surface area (Å²) in [5.74, 6) is 0. The molecular weight excluding hydrogens is 306 g/mol. The van der Waals surface area contributed by atoms with Crippen LogP contribution in [0.25, 0.3) is 0 Å². The Labute approximate surface area is 138 Å². The van der Waals surface area contributed by atoms with Crippen molar-refractivity contribution in [3.05, 3.63) is 65.2 Å². The summed E-state index contributed by atoms with van der Waals surface area (Å²) in [7, 11) is -3.48. The molecule has 1 aliphatic carbocycles. The van der Waals surface area contributed by atoms with Crippen LogP contribution in [0.5, 0.6) is 0 Å². The maximum Gasteiger partial charge on any atom is 0.241 e. The van der Waals surface area contributed by atoms with Crippen LogP contribution in [-0.4, -0.2) is 8.42 Å². The van der Waals surface area contributed by atoms with E-state index in [0.717, 1.165) is 37.7 Å². The molecule has 122 valence electrons. The number of hydrogen-bond acceptors (Lipinski definition) is 2. The molecule has 1 aliphatic rings. The number of hydrogen-bond donors (Lipinski definition) is 1. The number of nitrogens with one attached hydrogen (secondary N) is 1. The molecule has 0 amide bonds. The topological polar surface area (TPSA) is 46.2 Å². The van der Waals surface area contributed by atoms with Crippen molar-refractivity contribution in [1.82, 2.24) is 4.72 Å². The van der Waals surface area contributed by atoms with Crippen LogP contribution in [0.4, 0.5) is 0 Å². The Kier molecular flexibility index (Phi) is 4.83. The van der Waals surface area contributed by atoms with Crippen molar-refractivity contribution in [2.45, 2.75) is 50.0 Å². The summed E-state index contributed by atoms with van der Waals surface area (Å²) in [6, 6.07) is 15.2. The Morgan fingerprint density at radius 1 is 1.09 bits per heavy atom. The Morgan fingerprint density at radius 3 is 2.57 bits per heavy atom. The van der Waals surface area contributed by atoms with Crippen molar-refractivity contribution in [2.75, 3.05) is 0 Å². The third-order valence-corrected chi connectivity index (χ3v) is 5.93. The van der Waals surface area contributed by atoms with Crippen molar-refractivity contribution in [1.29, 1.82) is 0 Å². The number of sulfonamides is 1. The minimum Gasteiger partial charge on any atom is -0.207 e. The number of aryl methyl sites for hydroxylation is 2. The van der Waals surface area contributed by atoms with E-state index >= 15 is 0 Å². The first-order valence-electron chi connectivity index (χ1n) is 8.29. The van der Waals surface area contributed by atoms with Crippen molar-refractivity contribution in [2.24, 2.45) is 0 Å². The van der Waals surface area contributed by atoms with E-state index < -0.39 is 10.0 Å². The standard InChI is InChI=1S/C19H23NO2S/c1-2-6-15-11-13-17(14-12-15)23(21,22)20-19-10-5-8-16-7-3-4-9-18(16)19/h3-4,7,9,11-14,19-20H,2,5-6,8,10H2,1H3/t19-/m1/s1. The predicted molar refractivity (Wildman–Crippen MR) is 92.9 cm³/mol. The van der Waals surface area contributed by atoms with Gasteiger partial charge in [0.1, 0.15) is 0 Å². The van der Waals surface area contributed by atoms with Gasteiger partial charge in [-0.1, -0.05) is 49.7 Å². The molecule has 3 nitrogen and oxygen atoms in total. The third kappa shape index (κ3) is 3.65. The van der Waals surface area contributed by atoms with Gasteiger partial charge in [-0.25, -0.2) is 13.1 Å². The second-order valence-corrected chi connectivity index (χ2v) is 7.87. The van der Waals surface area contributed by atoms with Crippen LogP contribution in [0.2, 0.25) is 0 Å². The van der Waals surface area contributed by atoms with Gasteiger partial charge in [0.15, 0.2) is 0 Å². The van der Waals surface area contributed by atoms with E-state index in [1.165, 1.54) is 11.1 Å². The molecule has 0 spiro atoms. The van der Waals surface area contributed by atoms with Crippen LogP contribution >= 0.6 is 0 Å². The van der Waals surface area contributed by atoms with Crippen LogP contribution in [0, 0.1) is 0 Å². The Bertz CT molecular complexity index is 766. The molecule has 2 aromatic carbocycles. The largest absolute Gasteiger partial charge is 0.241 e. The molecule has 0 aliphatic heterocycles. The molecule has 2 aromatic rings. The summed E-state index contributed by atoms with van der Waals surface area (Å²) in [5.41, 5.74) is 3.55. The fraction of sp³-hybridized carbons (Fsp3) is 0.368. The van der Waals surface area contributed by atoms with Crippen molar-refractivity contribution in [3.63, 3.8) is 0 Å². The molecule has 0 saturated heterocycles. The lowest BCUT2D eigenvalue weighted by atomic mass is 9.88. The second kappa shape index (κ2) is 6.85. The van der Waals surface area contributed by atoms with E-state index in [0.29, 0.717) is 4.90 Å². The van der Waals surface area contributed by atoms with Crippen LogP contribution in [-0.2, 0) is 22.9 Å². The molecule has 4 heteroatoms. The molecule has 0 unspecified atom stereocenters. The molecule has 0 aromatic heterocycles. The minimum absolute atomic E-state index is 0.125. The molecule has 0 fully saturated rings. The van der Waals surface area contributed by atoms with Crippen molar-refractivity contribution >= 4 is 10.0 Å². The van der Waals surface area contributed by atoms with E-state index in [4.69, 9.17) is 0 Å². The van der Waals surface area contributed by atoms with Gasteiger partial charge in [0, 0.05) is 6.04 Å². The zero-order valence-corrected chi connectivity index (χ0v) is 14.3. The molecule has 0 saturated carbocycles. The third-order valence-electron chi connectivity index (χ3n) is 4.44. The Morgan fingerprint density at radius 2 is 1.83 bits per heavy atom.